The molecule has 4 nitrogen and oxygen atoms in total. The standard InChI is InChI=1S/C21H23F3N2O2/c1-15(2)26(13-19-10-9-16(3)28-19)14-20(27)25-11-5-7-17-6-4-8-18(12-17)21(22,23)24/h4,6,8-10,12,15H,11,13-14H2,1-3H3,(H,25,27). The smallest absolute Gasteiger partial charge is 0.416 e. The van der Waals surface area contributed by atoms with Gasteiger partial charge >= 0.3 is 6.18 Å². The molecule has 0 unspecified atom stereocenters. The van der Waals surface area contributed by atoms with Gasteiger partial charge in [-0.2, -0.15) is 13.2 Å². The Bertz CT molecular complexity index is 860. The fraction of sp³-hybridized carbons (Fsp3) is 0.381. The topological polar surface area (TPSA) is 45.5 Å². The number of aryl methyl sites for hydroxylation is 1. The van der Waals surface area contributed by atoms with Gasteiger partial charge in [-0.1, -0.05) is 17.9 Å². The lowest BCUT2D eigenvalue weighted by Crippen LogP contribution is -2.40. The molecule has 0 saturated heterocycles. The Morgan fingerprint density at radius 3 is 2.61 bits per heavy atom. The molecule has 0 atom stereocenters. The van der Waals surface area contributed by atoms with Crippen LogP contribution in [-0.2, 0) is 17.5 Å². The van der Waals surface area contributed by atoms with Gasteiger partial charge in [-0.15, -0.1) is 0 Å². The average Bonchev–Trinajstić information content (AvgIpc) is 3.02. The Balaban J connectivity index is 1.87. The first kappa shape index (κ1) is 21.6. The molecule has 7 heteroatoms. The molecule has 1 heterocycles. The van der Waals surface area contributed by atoms with Crippen LogP contribution >= 0.6 is 0 Å². The molecule has 1 aromatic heterocycles. The summed E-state index contributed by atoms with van der Waals surface area (Å²) in [5.41, 5.74) is -0.495. The average molecular weight is 392 g/mol. The molecule has 0 bridgehead atoms. The van der Waals surface area contributed by atoms with E-state index in [4.69, 9.17) is 4.42 Å². The summed E-state index contributed by atoms with van der Waals surface area (Å²) in [6.45, 7) is 6.56. The summed E-state index contributed by atoms with van der Waals surface area (Å²) in [5.74, 6) is 6.70. The lowest BCUT2D eigenvalue weighted by Gasteiger charge is -2.24. The Hall–Kier alpha value is -2.72. The van der Waals surface area contributed by atoms with Crippen LogP contribution in [-0.4, -0.2) is 29.9 Å². The molecule has 1 aromatic carbocycles. The van der Waals surface area contributed by atoms with Crippen LogP contribution in [0.25, 0.3) is 0 Å². The summed E-state index contributed by atoms with van der Waals surface area (Å²) < 4.78 is 43.6. The van der Waals surface area contributed by atoms with E-state index in [1.807, 2.05) is 37.8 Å². The van der Waals surface area contributed by atoms with Crippen molar-refractivity contribution in [3.8, 4) is 11.8 Å². The highest BCUT2D eigenvalue weighted by Gasteiger charge is 2.30. The molecule has 0 saturated carbocycles. The maximum atomic E-state index is 12.7. The molecule has 1 N–H and O–H groups in total. The van der Waals surface area contributed by atoms with Crippen LogP contribution in [0.3, 0.4) is 0 Å². The van der Waals surface area contributed by atoms with E-state index in [9.17, 15) is 18.0 Å². The largest absolute Gasteiger partial charge is 0.465 e. The van der Waals surface area contributed by atoms with Crippen molar-refractivity contribution in [3.05, 3.63) is 59.0 Å². The maximum Gasteiger partial charge on any atom is 0.416 e. The van der Waals surface area contributed by atoms with Crippen molar-refractivity contribution in [3.63, 3.8) is 0 Å². The van der Waals surface area contributed by atoms with Gasteiger partial charge in [-0.05, 0) is 51.1 Å². The number of rotatable bonds is 6. The van der Waals surface area contributed by atoms with Crippen molar-refractivity contribution in [2.45, 2.75) is 39.5 Å². The first-order valence-electron chi connectivity index (χ1n) is 8.87. The molecular weight excluding hydrogens is 369 g/mol. The molecule has 28 heavy (non-hydrogen) atoms. The maximum absolute atomic E-state index is 12.7. The van der Waals surface area contributed by atoms with E-state index in [0.29, 0.717) is 6.54 Å². The highest BCUT2D eigenvalue weighted by Crippen LogP contribution is 2.29. The van der Waals surface area contributed by atoms with E-state index >= 15 is 0 Å². The van der Waals surface area contributed by atoms with Gasteiger partial charge in [0.15, 0.2) is 0 Å². The molecule has 2 aromatic rings. The first-order valence-corrected chi connectivity index (χ1v) is 8.87. The van der Waals surface area contributed by atoms with E-state index in [0.717, 1.165) is 23.7 Å². The van der Waals surface area contributed by atoms with Gasteiger partial charge in [-0.25, -0.2) is 0 Å². The summed E-state index contributed by atoms with van der Waals surface area (Å²) >= 11 is 0. The Morgan fingerprint density at radius 2 is 2.00 bits per heavy atom. The molecular formula is C21H23F3N2O2. The van der Waals surface area contributed by atoms with Gasteiger partial charge in [0, 0.05) is 11.6 Å². The van der Waals surface area contributed by atoms with E-state index in [1.165, 1.54) is 12.1 Å². The summed E-state index contributed by atoms with van der Waals surface area (Å²) in [7, 11) is 0. The van der Waals surface area contributed by atoms with Crippen LogP contribution in [0.1, 0.15) is 36.5 Å². The number of amides is 1. The minimum absolute atomic E-state index is 0.0564. The molecule has 0 fully saturated rings. The summed E-state index contributed by atoms with van der Waals surface area (Å²) in [4.78, 5) is 14.1. The third-order valence-electron chi connectivity index (χ3n) is 4.03. The third kappa shape index (κ3) is 6.78. The molecule has 2 rings (SSSR count). The number of nitrogens with zero attached hydrogens (tertiary/aromatic N) is 1. The molecule has 0 radical (unpaired) electrons. The number of benzene rings is 1. The van der Waals surface area contributed by atoms with Crippen molar-refractivity contribution in [1.29, 1.82) is 0 Å². The minimum atomic E-state index is -4.40. The predicted octanol–water partition coefficient (Wildman–Crippen LogP) is 3.99. The number of hydrogen-bond donors (Lipinski definition) is 1. The van der Waals surface area contributed by atoms with Gasteiger partial charge in [0.05, 0.1) is 25.2 Å². The quantitative estimate of drug-likeness (QED) is 0.757. The van der Waals surface area contributed by atoms with Gasteiger partial charge in [0.25, 0.3) is 0 Å². The second-order valence-electron chi connectivity index (χ2n) is 6.67. The van der Waals surface area contributed by atoms with E-state index < -0.39 is 11.7 Å². The third-order valence-corrected chi connectivity index (χ3v) is 4.03. The highest BCUT2D eigenvalue weighted by molar-refractivity contribution is 5.78. The van der Waals surface area contributed by atoms with Gasteiger partial charge in [0.2, 0.25) is 5.91 Å². The number of furan rings is 1. The van der Waals surface area contributed by atoms with Gasteiger partial charge in [-0.3, -0.25) is 9.69 Å². The van der Waals surface area contributed by atoms with Crippen molar-refractivity contribution in [1.82, 2.24) is 10.2 Å². The number of alkyl halides is 3. The molecule has 0 spiro atoms. The lowest BCUT2D eigenvalue weighted by molar-refractivity contribution is -0.137. The zero-order valence-electron chi connectivity index (χ0n) is 16.1. The fourth-order valence-electron chi connectivity index (χ4n) is 2.49. The van der Waals surface area contributed by atoms with Crippen molar-refractivity contribution in [2.24, 2.45) is 0 Å². The van der Waals surface area contributed by atoms with Gasteiger partial charge in [0.1, 0.15) is 11.5 Å². The first-order chi connectivity index (χ1) is 13.1. The van der Waals surface area contributed by atoms with Crippen molar-refractivity contribution >= 4 is 5.91 Å². The zero-order chi connectivity index (χ0) is 20.7. The van der Waals surface area contributed by atoms with Crippen molar-refractivity contribution in [2.75, 3.05) is 13.1 Å². The molecule has 150 valence electrons. The van der Waals surface area contributed by atoms with E-state index in [1.54, 1.807) is 0 Å². The summed E-state index contributed by atoms with van der Waals surface area (Å²) in [6.07, 6.45) is -4.40. The molecule has 0 aliphatic carbocycles. The zero-order valence-corrected chi connectivity index (χ0v) is 16.1. The lowest BCUT2D eigenvalue weighted by atomic mass is 10.1. The number of carbonyl (C=O) groups is 1. The SMILES string of the molecule is Cc1ccc(CN(CC(=O)NCC#Cc2cccc(C(F)(F)F)c2)C(C)C)o1. The second-order valence-corrected chi connectivity index (χ2v) is 6.67. The van der Waals surface area contributed by atoms with E-state index in [-0.39, 0.29) is 30.6 Å². The van der Waals surface area contributed by atoms with Crippen LogP contribution in [0, 0.1) is 18.8 Å². The summed E-state index contributed by atoms with van der Waals surface area (Å²) in [6, 6.07) is 8.67. The Labute approximate surface area is 162 Å². The number of carbonyl (C=O) groups excluding carboxylic acids is 1. The monoisotopic (exact) mass is 392 g/mol. The number of hydrogen-bond acceptors (Lipinski definition) is 3. The van der Waals surface area contributed by atoms with Crippen LogP contribution in [0.4, 0.5) is 13.2 Å². The van der Waals surface area contributed by atoms with Gasteiger partial charge < -0.3 is 9.73 Å². The van der Waals surface area contributed by atoms with Crippen molar-refractivity contribution < 1.29 is 22.4 Å². The normalized spacial score (nSPS) is 11.4. The Kier molecular flexibility index (Phi) is 7.30. The number of halogens is 3. The number of nitrogens with one attached hydrogen (secondary N) is 1. The predicted molar refractivity (Wildman–Crippen MR) is 100 cm³/mol. The van der Waals surface area contributed by atoms with E-state index in [2.05, 4.69) is 17.2 Å². The fourth-order valence-corrected chi connectivity index (χ4v) is 2.49. The van der Waals surface area contributed by atoms with Crippen LogP contribution in [0.15, 0.2) is 40.8 Å². The molecule has 0 aliphatic rings. The van der Waals surface area contributed by atoms with Crippen LogP contribution < -0.4 is 5.32 Å². The van der Waals surface area contributed by atoms with Crippen LogP contribution in [0.2, 0.25) is 0 Å². The molecule has 1 amide bonds. The van der Waals surface area contributed by atoms with Crippen LogP contribution in [0.5, 0.6) is 0 Å². The minimum Gasteiger partial charge on any atom is -0.465 e. The highest BCUT2D eigenvalue weighted by atomic mass is 19.4. The summed E-state index contributed by atoms with van der Waals surface area (Å²) in [5, 5.41) is 2.67. The molecule has 0 aliphatic heterocycles. The second kappa shape index (κ2) is 9.47. The Morgan fingerprint density at radius 1 is 1.25 bits per heavy atom.